The number of nitrogens with one attached hydrogen (secondary N) is 1. The van der Waals surface area contributed by atoms with Crippen molar-refractivity contribution in [2.45, 2.75) is 52.5 Å². The Morgan fingerprint density at radius 3 is 2.40 bits per heavy atom. The first-order valence-electron chi connectivity index (χ1n) is 9.38. The minimum Gasteiger partial charge on any atom is -0.350 e. The largest absolute Gasteiger partial charge is 0.350 e. The predicted octanol–water partition coefficient (Wildman–Crippen LogP) is 4.37. The van der Waals surface area contributed by atoms with Gasteiger partial charge in [0.15, 0.2) is 0 Å². The summed E-state index contributed by atoms with van der Waals surface area (Å²) in [4.78, 5) is 14.6. The number of nitrogens with zero attached hydrogens (tertiary/aromatic N) is 1. The Bertz CT molecular complexity index is 601. The van der Waals surface area contributed by atoms with Crippen LogP contribution in [-0.4, -0.2) is 36.5 Å². The summed E-state index contributed by atoms with van der Waals surface area (Å²) in [6.45, 7) is 11.8. The van der Waals surface area contributed by atoms with Gasteiger partial charge in [-0.2, -0.15) is 0 Å². The maximum absolute atomic E-state index is 12.1. The van der Waals surface area contributed by atoms with E-state index >= 15 is 0 Å². The number of allylic oxidation sites excluding steroid dienone is 1. The second-order valence-electron chi connectivity index (χ2n) is 7.52. The zero-order chi connectivity index (χ0) is 18.2. The van der Waals surface area contributed by atoms with Crippen molar-refractivity contribution >= 4 is 12.0 Å². The van der Waals surface area contributed by atoms with Gasteiger partial charge < -0.3 is 5.32 Å². The topological polar surface area (TPSA) is 32.3 Å². The first-order valence-corrected chi connectivity index (χ1v) is 9.38. The van der Waals surface area contributed by atoms with E-state index in [-0.39, 0.29) is 5.91 Å². The molecule has 1 aliphatic heterocycles. The molecule has 25 heavy (non-hydrogen) atoms. The van der Waals surface area contributed by atoms with Gasteiger partial charge in [0.2, 0.25) is 5.91 Å². The molecule has 1 aliphatic rings. The molecule has 0 atom stereocenters. The van der Waals surface area contributed by atoms with Crippen molar-refractivity contribution in [3.63, 3.8) is 0 Å². The molecule has 0 spiro atoms. The lowest BCUT2D eigenvalue weighted by Crippen LogP contribution is -2.44. The summed E-state index contributed by atoms with van der Waals surface area (Å²) in [6, 6.07) is 8.69. The summed E-state index contributed by atoms with van der Waals surface area (Å²) in [7, 11) is 0. The fourth-order valence-corrected chi connectivity index (χ4v) is 2.98. The van der Waals surface area contributed by atoms with Gasteiger partial charge >= 0.3 is 0 Å². The predicted molar refractivity (Wildman–Crippen MR) is 107 cm³/mol. The van der Waals surface area contributed by atoms with Crippen LogP contribution in [0.5, 0.6) is 0 Å². The molecule has 3 heteroatoms. The summed E-state index contributed by atoms with van der Waals surface area (Å²) in [5.74, 6) is 0.541. The molecule has 1 amide bonds. The van der Waals surface area contributed by atoms with Crippen LogP contribution in [0.2, 0.25) is 0 Å². The molecule has 0 unspecified atom stereocenters. The van der Waals surface area contributed by atoms with E-state index in [0.29, 0.717) is 12.0 Å². The standard InChI is InChI=1S/C22H32N2O/c1-17(2)11-14-24-15-12-21(13-16-24)23-22(25)10-7-19-5-8-20(9-6-19)18(3)4/h5-11,18,21H,12-16H2,1-4H3,(H,23,25)/b10-7+. The Labute approximate surface area is 152 Å². The van der Waals surface area contributed by atoms with Gasteiger partial charge in [0, 0.05) is 31.8 Å². The third-order valence-corrected chi connectivity index (χ3v) is 4.72. The van der Waals surface area contributed by atoms with Crippen LogP contribution in [0.3, 0.4) is 0 Å². The number of likely N-dealkylation sites (tertiary alicyclic amines) is 1. The lowest BCUT2D eigenvalue weighted by atomic mass is 10.0. The van der Waals surface area contributed by atoms with Crippen LogP contribution in [0.15, 0.2) is 42.0 Å². The number of hydrogen-bond acceptors (Lipinski definition) is 2. The van der Waals surface area contributed by atoms with Crippen molar-refractivity contribution in [2.24, 2.45) is 0 Å². The molecule has 1 fully saturated rings. The molecular weight excluding hydrogens is 308 g/mol. The normalized spacial score (nSPS) is 16.4. The highest BCUT2D eigenvalue weighted by Gasteiger charge is 2.19. The van der Waals surface area contributed by atoms with E-state index in [9.17, 15) is 4.79 Å². The van der Waals surface area contributed by atoms with E-state index in [1.807, 2.05) is 6.08 Å². The third kappa shape index (κ3) is 6.87. The number of piperidine rings is 1. The Hall–Kier alpha value is -1.87. The number of hydrogen-bond donors (Lipinski definition) is 1. The molecule has 1 aromatic carbocycles. The zero-order valence-corrected chi connectivity index (χ0v) is 16.1. The maximum Gasteiger partial charge on any atom is 0.244 e. The van der Waals surface area contributed by atoms with E-state index < -0.39 is 0 Å². The quantitative estimate of drug-likeness (QED) is 0.616. The number of amides is 1. The minimum absolute atomic E-state index is 0.00989. The van der Waals surface area contributed by atoms with Crippen LogP contribution < -0.4 is 5.32 Å². The van der Waals surface area contributed by atoms with Crippen LogP contribution in [0.1, 0.15) is 57.6 Å². The summed E-state index contributed by atoms with van der Waals surface area (Å²) in [5.41, 5.74) is 3.75. The van der Waals surface area contributed by atoms with Gasteiger partial charge in [-0.1, -0.05) is 49.8 Å². The van der Waals surface area contributed by atoms with Crippen molar-refractivity contribution < 1.29 is 4.79 Å². The average molecular weight is 341 g/mol. The molecule has 0 aliphatic carbocycles. The van der Waals surface area contributed by atoms with Gasteiger partial charge in [-0.25, -0.2) is 0 Å². The van der Waals surface area contributed by atoms with Crippen molar-refractivity contribution in [3.05, 3.63) is 53.1 Å². The smallest absolute Gasteiger partial charge is 0.244 e. The Balaban J connectivity index is 1.76. The molecule has 0 bridgehead atoms. The Morgan fingerprint density at radius 1 is 1.20 bits per heavy atom. The number of carbonyl (C=O) groups excluding carboxylic acids is 1. The van der Waals surface area contributed by atoms with Crippen LogP contribution in [-0.2, 0) is 4.79 Å². The molecule has 1 heterocycles. The van der Waals surface area contributed by atoms with Crippen LogP contribution in [0.4, 0.5) is 0 Å². The fraction of sp³-hybridized carbons (Fsp3) is 0.500. The first-order chi connectivity index (χ1) is 11.9. The fourth-order valence-electron chi connectivity index (χ4n) is 2.98. The second kappa shape index (κ2) is 9.57. The van der Waals surface area contributed by atoms with Crippen LogP contribution in [0, 0.1) is 0 Å². The minimum atomic E-state index is 0.00989. The Morgan fingerprint density at radius 2 is 1.84 bits per heavy atom. The van der Waals surface area contributed by atoms with E-state index in [0.717, 1.165) is 38.0 Å². The highest BCUT2D eigenvalue weighted by Crippen LogP contribution is 2.15. The van der Waals surface area contributed by atoms with Gasteiger partial charge in [-0.15, -0.1) is 0 Å². The first kappa shape index (κ1) is 19.5. The lowest BCUT2D eigenvalue weighted by molar-refractivity contribution is -0.117. The average Bonchev–Trinajstić information content (AvgIpc) is 2.59. The molecule has 0 aromatic heterocycles. The van der Waals surface area contributed by atoms with Gasteiger partial charge in [-0.3, -0.25) is 9.69 Å². The van der Waals surface area contributed by atoms with Crippen molar-refractivity contribution in [1.82, 2.24) is 10.2 Å². The maximum atomic E-state index is 12.1. The van der Waals surface area contributed by atoms with Gasteiger partial charge in [-0.05, 0) is 49.8 Å². The van der Waals surface area contributed by atoms with E-state index in [4.69, 9.17) is 0 Å². The third-order valence-electron chi connectivity index (χ3n) is 4.72. The number of rotatable bonds is 6. The second-order valence-corrected chi connectivity index (χ2v) is 7.52. The molecule has 1 saturated heterocycles. The van der Waals surface area contributed by atoms with Crippen molar-refractivity contribution in [2.75, 3.05) is 19.6 Å². The molecule has 3 nitrogen and oxygen atoms in total. The van der Waals surface area contributed by atoms with Crippen LogP contribution >= 0.6 is 0 Å². The Kier molecular flexibility index (Phi) is 7.45. The summed E-state index contributed by atoms with van der Waals surface area (Å²) < 4.78 is 0. The van der Waals surface area contributed by atoms with E-state index in [1.165, 1.54) is 11.1 Å². The zero-order valence-electron chi connectivity index (χ0n) is 16.1. The van der Waals surface area contributed by atoms with Gasteiger partial charge in [0.1, 0.15) is 0 Å². The molecular formula is C22H32N2O. The van der Waals surface area contributed by atoms with Crippen molar-refractivity contribution in [1.29, 1.82) is 0 Å². The van der Waals surface area contributed by atoms with E-state index in [2.05, 4.69) is 68.3 Å². The molecule has 0 radical (unpaired) electrons. The number of carbonyl (C=O) groups is 1. The SMILES string of the molecule is CC(C)=CCN1CCC(NC(=O)/C=C/c2ccc(C(C)C)cc2)CC1. The highest BCUT2D eigenvalue weighted by molar-refractivity contribution is 5.91. The molecule has 136 valence electrons. The molecule has 1 aromatic rings. The van der Waals surface area contributed by atoms with Crippen LogP contribution in [0.25, 0.3) is 6.08 Å². The van der Waals surface area contributed by atoms with E-state index in [1.54, 1.807) is 6.08 Å². The molecule has 1 N–H and O–H groups in total. The summed E-state index contributed by atoms with van der Waals surface area (Å²) in [5, 5.41) is 3.14. The monoisotopic (exact) mass is 340 g/mol. The number of benzene rings is 1. The van der Waals surface area contributed by atoms with Crippen molar-refractivity contribution in [3.8, 4) is 0 Å². The molecule has 0 saturated carbocycles. The molecule has 2 rings (SSSR count). The summed E-state index contributed by atoms with van der Waals surface area (Å²) >= 11 is 0. The highest BCUT2D eigenvalue weighted by atomic mass is 16.1. The summed E-state index contributed by atoms with van der Waals surface area (Å²) in [6.07, 6.45) is 7.87. The van der Waals surface area contributed by atoms with Gasteiger partial charge in [0.25, 0.3) is 0 Å². The van der Waals surface area contributed by atoms with Gasteiger partial charge in [0.05, 0.1) is 0 Å². The lowest BCUT2D eigenvalue weighted by Gasteiger charge is -2.31.